The Hall–Kier alpha value is -1.59. The first-order valence-corrected chi connectivity index (χ1v) is 6.55. The van der Waals surface area contributed by atoms with Crippen molar-refractivity contribution in [3.05, 3.63) is 34.9 Å². The molecule has 1 aromatic rings. The topological polar surface area (TPSA) is 84.2 Å². The molecule has 5 nitrogen and oxygen atoms in total. The van der Waals surface area contributed by atoms with E-state index >= 15 is 0 Å². The lowest BCUT2D eigenvalue weighted by Crippen LogP contribution is -2.29. The number of benzene rings is 1. The minimum absolute atomic E-state index is 0.167. The Morgan fingerprint density at radius 3 is 2.58 bits per heavy atom. The number of unbranched alkanes of at least 4 members (excludes halogenated alkanes) is 2. The van der Waals surface area contributed by atoms with Crippen LogP contribution in [0.2, 0.25) is 5.02 Å². The lowest BCUT2D eigenvalue weighted by atomic mass is 10.1. The summed E-state index contributed by atoms with van der Waals surface area (Å²) in [5.41, 5.74) is 2.56. The lowest BCUT2D eigenvalue weighted by Gasteiger charge is -2.06. The van der Waals surface area contributed by atoms with Crippen LogP contribution < -0.4 is 16.6 Å². The van der Waals surface area contributed by atoms with Gasteiger partial charge in [0.15, 0.2) is 0 Å². The second-order valence-electron chi connectivity index (χ2n) is 4.11. The van der Waals surface area contributed by atoms with Crippen LogP contribution in [0.4, 0.5) is 0 Å². The zero-order valence-corrected chi connectivity index (χ0v) is 11.4. The maximum absolute atomic E-state index is 11.8. The van der Waals surface area contributed by atoms with Crippen LogP contribution in [0.15, 0.2) is 24.3 Å². The number of nitrogens with one attached hydrogen (secondary N) is 2. The van der Waals surface area contributed by atoms with E-state index in [1.807, 2.05) is 0 Å². The van der Waals surface area contributed by atoms with Gasteiger partial charge in [0.2, 0.25) is 5.91 Å². The molecule has 0 aliphatic heterocycles. The number of hydrogen-bond acceptors (Lipinski definition) is 3. The molecule has 0 saturated heterocycles. The summed E-state index contributed by atoms with van der Waals surface area (Å²) in [7, 11) is 0. The Morgan fingerprint density at radius 1 is 1.16 bits per heavy atom. The number of hydrazine groups is 1. The van der Waals surface area contributed by atoms with Crippen molar-refractivity contribution in [3.63, 3.8) is 0 Å². The second kappa shape index (κ2) is 8.50. The average Bonchev–Trinajstić information content (AvgIpc) is 2.42. The maximum Gasteiger partial charge on any atom is 0.252 e. The van der Waals surface area contributed by atoms with Crippen molar-refractivity contribution in [3.8, 4) is 0 Å². The van der Waals surface area contributed by atoms with Gasteiger partial charge in [-0.15, -0.1) is 0 Å². The van der Waals surface area contributed by atoms with E-state index in [4.69, 9.17) is 17.4 Å². The smallest absolute Gasteiger partial charge is 0.252 e. The minimum atomic E-state index is -0.176. The molecule has 0 aliphatic rings. The summed E-state index contributed by atoms with van der Waals surface area (Å²) in [5.74, 6) is 4.62. The molecule has 0 fully saturated rings. The standard InChI is InChI=1S/C13H18ClN3O2/c14-11-7-4-3-6-10(11)13(19)16-9-5-1-2-8-12(18)17-15/h3-4,6-7H,1-2,5,8-9,15H2,(H,16,19)(H,17,18). The van der Waals surface area contributed by atoms with Crippen molar-refractivity contribution >= 4 is 23.4 Å². The van der Waals surface area contributed by atoms with Crippen LogP contribution in [0.25, 0.3) is 0 Å². The predicted octanol–water partition coefficient (Wildman–Crippen LogP) is 1.62. The highest BCUT2D eigenvalue weighted by atomic mass is 35.5. The molecular weight excluding hydrogens is 266 g/mol. The average molecular weight is 284 g/mol. The van der Waals surface area contributed by atoms with Crippen molar-refractivity contribution in [1.82, 2.24) is 10.7 Å². The number of carbonyl (C=O) groups excluding carboxylic acids is 2. The minimum Gasteiger partial charge on any atom is -0.352 e. The number of hydrogen-bond donors (Lipinski definition) is 3. The summed E-state index contributed by atoms with van der Waals surface area (Å²) in [6.45, 7) is 0.564. The highest BCUT2D eigenvalue weighted by Crippen LogP contribution is 2.14. The lowest BCUT2D eigenvalue weighted by molar-refractivity contribution is -0.121. The van der Waals surface area contributed by atoms with Crippen molar-refractivity contribution in [1.29, 1.82) is 0 Å². The van der Waals surface area contributed by atoms with Crippen LogP contribution >= 0.6 is 11.6 Å². The molecule has 1 aromatic carbocycles. The molecule has 0 bridgehead atoms. The van der Waals surface area contributed by atoms with E-state index in [0.717, 1.165) is 19.3 Å². The molecule has 1 rings (SSSR count). The first kappa shape index (κ1) is 15.5. The van der Waals surface area contributed by atoms with Gasteiger partial charge in [0.1, 0.15) is 0 Å². The third kappa shape index (κ3) is 5.72. The number of amides is 2. The highest BCUT2D eigenvalue weighted by Gasteiger charge is 2.08. The summed E-state index contributed by atoms with van der Waals surface area (Å²) in [6.07, 6.45) is 2.84. The second-order valence-corrected chi connectivity index (χ2v) is 4.52. The Balaban J connectivity index is 2.18. The van der Waals surface area contributed by atoms with E-state index in [2.05, 4.69) is 10.7 Å². The SMILES string of the molecule is NNC(=O)CCCCCNC(=O)c1ccccc1Cl. The molecule has 2 amide bonds. The van der Waals surface area contributed by atoms with Gasteiger partial charge in [-0.1, -0.05) is 30.2 Å². The Kier molecular flexibility index (Phi) is 6.92. The first-order valence-electron chi connectivity index (χ1n) is 6.17. The fourth-order valence-electron chi connectivity index (χ4n) is 1.60. The Labute approximate surface area is 117 Å². The van der Waals surface area contributed by atoms with E-state index in [9.17, 15) is 9.59 Å². The van der Waals surface area contributed by atoms with E-state index in [-0.39, 0.29) is 11.8 Å². The molecule has 19 heavy (non-hydrogen) atoms. The van der Waals surface area contributed by atoms with Gasteiger partial charge in [0.05, 0.1) is 10.6 Å². The van der Waals surface area contributed by atoms with Crippen LogP contribution in [-0.2, 0) is 4.79 Å². The molecule has 6 heteroatoms. The monoisotopic (exact) mass is 283 g/mol. The van der Waals surface area contributed by atoms with Gasteiger partial charge in [0, 0.05) is 13.0 Å². The number of rotatable bonds is 7. The van der Waals surface area contributed by atoms with Gasteiger partial charge in [-0.2, -0.15) is 0 Å². The van der Waals surface area contributed by atoms with Crippen LogP contribution in [0.5, 0.6) is 0 Å². The maximum atomic E-state index is 11.8. The van der Waals surface area contributed by atoms with Crippen molar-refractivity contribution in [2.75, 3.05) is 6.54 Å². The van der Waals surface area contributed by atoms with Crippen molar-refractivity contribution in [2.45, 2.75) is 25.7 Å². The summed E-state index contributed by atoms with van der Waals surface area (Å²) >= 11 is 5.92. The summed E-state index contributed by atoms with van der Waals surface area (Å²) < 4.78 is 0. The Bertz CT molecular complexity index is 438. The van der Waals surface area contributed by atoms with E-state index < -0.39 is 0 Å². The van der Waals surface area contributed by atoms with Crippen LogP contribution in [-0.4, -0.2) is 18.4 Å². The van der Waals surface area contributed by atoms with Crippen LogP contribution in [0, 0.1) is 0 Å². The number of carbonyl (C=O) groups is 2. The molecule has 0 aliphatic carbocycles. The summed E-state index contributed by atoms with van der Waals surface area (Å²) in [4.78, 5) is 22.6. The first-order chi connectivity index (χ1) is 9.15. The number of nitrogens with two attached hydrogens (primary N) is 1. The predicted molar refractivity (Wildman–Crippen MR) is 74.6 cm³/mol. The van der Waals surface area contributed by atoms with E-state index in [1.165, 1.54) is 0 Å². The van der Waals surface area contributed by atoms with Gasteiger partial charge in [-0.3, -0.25) is 15.0 Å². The quantitative estimate of drug-likeness (QED) is 0.308. The molecule has 0 unspecified atom stereocenters. The fourth-order valence-corrected chi connectivity index (χ4v) is 1.82. The summed E-state index contributed by atoms with van der Waals surface area (Å²) in [5, 5.41) is 3.24. The zero-order valence-electron chi connectivity index (χ0n) is 10.6. The molecule has 0 aromatic heterocycles. The molecule has 104 valence electrons. The largest absolute Gasteiger partial charge is 0.352 e. The van der Waals surface area contributed by atoms with Gasteiger partial charge < -0.3 is 5.32 Å². The van der Waals surface area contributed by atoms with Gasteiger partial charge >= 0.3 is 0 Å². The molecule has 4 N–H and O–H groups in total. The fraction of sp³-hybridized carbons (Fsp3) is 0.385. The normalized spacial score (nSPS) is 10.0. The highest BCUT2D eigenvalue weighted by molar-refractivity contribution is 6.33. The van der Waals surface area contributed by atoms with E-state index in [1.54, 1.807) is 24.3 Å². The molecule has 0 heterocycles. The van der Waals surface area contributed by atoms with Gasteiger partial charge in [-0.25, -0.2) is 5.84 Å². The van der Waals surface area contributed by atoms with Gasteiger partial charge in [0.25, 0.3) is 5.91 Å². The molecule has 0 saturated carbocycles. The molecule has 0 radical (unpaired) electrons. The molecular formula is C13H18ClN3O2. The third-order valence-electron chi connectivity index (χ3n) is 2.65. The van der Waals surface area contributed by atoms with Crippen LogP contribution in [0.3, 0.4) is 0 Å². The van der Waals surface area contributed by atoms with E-state index in [0.29, 0.717) is 23.6 Å². The molecule has 0 spiro atoms. The van der Waals surface area contributed by atoms with Crippen molar-refractivity contribution < 1.29 is 9.59 Å². The van der Waals surface area contributed by atoms with Crippen LogP contribution in [0.1, 0.15) is 36.0 Å². The Morgan fingerprint density at radius 2 is 1.89 bits per heavy atom. The van der Waals surface area contributed by atoms with Gasteiger partial charge in [-0.05, 0) is 25.0 Å². The molecule has 0 atom stereocenters. The van der Waals surface area contributed by atoms with Crippen molar-refractivity contribution in [2.24, 2.45) is 5.84 Å². The summed E-state index contributed by atoms with van der Waals surface area (Å²) in [6, 6.07) is 6.92. The number of halogens is 1. The third-order valence-corrected chi connectivity index (χ3v) is 2.98. The zero-order chi connectivity index (χ0) is 14.1.